The molecule has 1 aromatic carbocycles. The van der Waals surface area contributed by atoms with Gasteiger partial charge in [-0.15, -0.1) is 0 Å². The first-order valence-electron chi connectivity index (χ1n) is 5.18. The van der Waals surface area contributed by atoms with Crippen LogP contribution in [0.3, 0.4) is 0 Å². The average molecular weight is 191 g/mol. The van der Waals surface area contributed by atoms with Gasteiger partial charge in [-0.05, 0) is 32.3 Å². The van der Waals surface area contributed by atoms with E-state index in [0.717, 1.165) is 12.8 Å². The minimum Gasteiger partial charge on any atom is -0.313 e. The molecule has 0 saturated carbocycles. The van der Waals surface area contributed by atoms with Gasteiger partial charge in [0.15, 0.2) is 0 Å². The molecule has 0 radical (unpaired) electrons. The van der Waals surface area contributed by atoms with Crippen LogP contribution in [0.5, 0.6) is 0 Å². The quantitative estimate of drug-likeness (QED) is 0.737. The molecule has 1 fully saturated rings. The van der Waals surface area contributed by atoms with E-state index in [1.54, 1.807) is 0 Å². The van der Waals surface area contributed by atoms with Crippen molar-refractivity contribution < 1.29 is 5.21 Å². The van der Waals surface area contributed by atoms with Crippen molar-refractivity contribution in [1.82, 2.24) is 5.06 Å². The van der Waals surface area contributed by atoms with Gasteiger partial charge in [0.1, 0.15) is 0 Å². The van der Waals surface area contributed by atoms with E-state index in [-0.39, 0.29) is 11.6 Å². The Morgan fingerprint density at radius 1 is 1.36 bits per heavy atom. The van der Waals surface area contributed by atoms with Crippen LogP contribution in [0.2, 0.25) is 0 Å². The highest BCUT2D eigenvalue weighted by molar-refractivity contribution is 5.24. The molecule has 0 bridgehead atoms. The average Bonchev–Trinajstić information content (AvgIpc) is 2.49. The standard InChI is InChI=1S/C12H17NO/c1-10-8-9-12(2,13(10)14)11-6-4-3-5-7-11/h3-7,10,14H,8-9H2,1-2H3/t10-,12+/m1/s1. The lowest BCUT2D eigenvalue weighted by molar-refractivity contribution is -0.169. The fourth-order valence-electron chi connectivity index (χ4n) is 2.29. The molecule has 2 atom stereocenters. The van der Waals surface area contributed by atoms with Crippen LogP contribution < -0.4 is 0 Å². The molecule has 1 aliphatic rings. The third kappa shape index (κ3) is 1.35. The zero-order chi connectivity index (χ0) is 10.2. The molecule has 2 rings (SSSR count). The van der Waals surface area contributed by atoms with Crippen LogP contribution >= 0.6 is 0 Å². The molecule has 1 N–H and O–H groups in total. The Morgan fingerprint density at radius 3 is 2.50 bits per heavy atom. The van der Waals surface area contributed by atoms with E-state index < -0.39 is 0 Å². The fraction of sp³-hybridized carbons (Fsp3) is 0.500. The summed E-state index contributed by atoms with van der Waals surface area (Å²) in [5.74, 6) is 0. The Bertz CT molecular complexity index is 311. The van der Waals surface area contributed by atoms with Crippen LogP contribution in [0.15, 0.2) is 30.3 Å². The number of benzene rings is 1. The Kier molecular flexibility index (Phi) is 2.33. The number of hydrogen-bond donors (Lipinski definition) is 1. The lowest BCUT2D eigenvalue weighted by Gasteiger charge is -2.32. The normalized spacial score (nSPS) is 33.5. The molecule has 0 aliphatic carbocycles. The smallest absolute Gasteiger partial charge is 0.0684 e. The van der Waals surface area contributed by atoms with Gasteiger partial charge >= 0.3 is 0 Å². The summed E-state index contributed by atoms with van der Waals surface area (Å²) >= 11 is 0. The van der Waals surface area contributed by atoms with Crippen LogP contribution in [-0.4, -0.2) is 16.3 Å². The van der Waals surface area contributed by atoms with Crippen LogP contribution in [0.25, 0.3) is 0 Å². The van der Waals surface area contributed by atoms with Crippen LogP contribution in [0.4, 0.5) is 0 Å². The molecule has 1 saturated heterocycles. The second-order valence-corrected chi connectivity index (χ2v) is 4.37. The number of hydroxylamine groups is 2. The van der Waals surface area contributed by atoms with Gasteiger partial charge in [-0.1, -0.05) is 30.3 Å². The first-order valence-corrected chi connectivity index (χ1v) is 5.18. The minimum absolute atomic E-state index is 0.194. The summed E-state index contributed by atoms with van der Waals surface area (Å²) in [6.45, 7) is 4.17. The van der Waals surface area contributed by atoms with E-state index >= 15 is 0 Å². The third-order valence-corrected chi connectivity index (χ3v) is 3.37. The molecule has 0 unspecified atom stereocenters. The highest BCUT2D eigenvalue weighted by Gasteiger charge is 2.41. The van der Waals surface area contributed by atoms with Gasteiger partial charge < -0.3 is 5.21 Å². The predicted octanol–water partition coefficient (Wildman–Crippen LogP) is 2.78. The first kappa shape index (κ1) is 9.69. The van der Waals surface area contributed by atoms with Gasteiger partial charge in [-0.3, -0.25) is 0 Å². The SMILES string of the molecule is C[C@@H]1CC[C@@](C)(c2ccccc2)N1O. The van der Waals surface area contributed by atoms with E-state index in [4.69, 9.17) is 0 Å². The second kappa shape index (κ2) is 3.37. The highest BCUT2D eigenvalue weighted by Crippen LogP contribution is 2.39. The van der Waals surface area contributed by atoms with Crippen LogP contribution in [0.1, 0.15) is 32.3 Å². The molecule has 0 amide bonds. The van der Waals surface area contributed by atoms with E-state index in [9.17, 15) is 5.21 Å². The largest absolute Gasteiger partial charge is 0.313 e. The lowest BCUT2D eigenvalue weighted by Crippen LogP contribution is -2.39. The predicted molar refractivity (Wildman–Crippen MR) is 56.1 cm³/mol. The summed E-state index contributed by atoms with van der Waals surface area (Å²) in [6, 6.07) is 10.5. The van der Waals surface area contributed by atoms with Gasteiger partial charge in [-0.25, -0.2) is 0 Å². The fourth-order valence-corrected chi connectivity index (χ4v) is 2.29. The van der Waals surface area contributed by atoms with Gasteiger partial charge in [0.25, 0.3) is 0 Å². The van der Waals surface area contributed by atoms with Crippen molar-refractivity contribution in [3.05, 3.63) is 35.9 Å². The minimum atomic E-state index is -0.194. The molecule has 0 aromatic heterocycles. The van der Waals surface area contributed by atoms with Crippen molar-refractivity contribution in [3.8, 4) is 0 Å². The third-order valence-electron chi connectivity index (χ3n) is 3.37. The van der Waals surface area contributed by atoms with Crippen molar-refractivity contribution in [2.24, 2.45) is 0 Å². The Hall–Kier alpha value is -0.860. The maximum absolute atomic E-state index is 10.0. The molecular formula is C12H17NO. The van der Waals surface area contributed by atoms with Crippen molar-refractivity contribution in [2.45, 2.75) is 38.3 Å². The topological polar surface area (TPSA) is 23.5 Å². The summed E-state index contributed by atoms with van der Waals surface area (Å²) in [4.78, 5) is 0. The van der Waals surface area contributed by atoms with E-state index in [1.165, 1.54) is 10.6 Å². The van der Waals surface area contributed by atoms with Gasteiger partial charge in [0.05, 0.1) is 5.54 Å². The number of rotatable bonds is 1. The van der Waals surface area contributed by atoms with Crippen molar-refractivity contribution in [3.63, 3.8) is 0 Å². The van der Waals surface area contributed by atoms with E-state index in [2.05, 4.69) is 26.0 Å². The second-order valence-electron chi connectivity index (χ2n) is 4.37. The maximum Gasteiger partial charge on any atom is 0.0684 e. The van der Waals surface area contributed by atoms with Crippen molar-refractivity contribution in [2.75, 3.05) is 0 Å². The highest BCUT2D eigenvalue weighted by atomic mass is 16.5. The molecule has 1 aromatic rings. The van der Waals surface area contributed by atoms with Gasteiger partial charge in [0, 0.05) is 6.04 Å². The monoisotopic (exact) mass is 191 g/mol. The molecule has 1 aliphatic heterocycles. The summed E-state index contributed by atoms with van der Waals surface area (Å²) < 4.78 is 0. The Morgan fingerprint density at radius 2 is 2.00 bits per heavy atom. The summed E-state index contributed by atoms with van der Waals surface area (Å²) in [5.41, 5.74) is 1.01. The van der Waals surface area contributed by atoms with Crippen LogP contribution in [-0.2, 0) is 5.54 Å². The molecule has 1 heterocycles. The van der Waals surface area contributed by atoms with Crippen molar-refractivity contribution in [1.29, 1.82) is 0 Å². The molecule has 2 nitrogen and oxygen atoms in total. The molecule has 14 heavy (non-hydrogen) atoms. The zero-order valence-corrected chi connectivity index (χ0v) is 8.77. The Labute approximate surface area is 85.1 Å². The summed E-state index contributed by atoms with van der Waals surface area (Å²) in [5, 5.41) is 11.5. The number of hydrogen-bond acceptors (Lipinski definition) is 2. The molecule has 2 heteroatoms. The van der Waals surface area contributed by atoms with Crippen LogP contribution in [0, 0.1) is 0 Å². The molecular weight excluding hydrogens is 174 g/mol. The van der Waals surface area contributed by atoms with E-state index in [1.807, 2.05) is 18.2 Å². The van der Waals surface area contributed by atoms with Gasteiger partial charge in [-0.2, -0.15) is 5.06 Å². The van der Waals surface area contributed by atoms with Crippen molar-refractivity contribution >= 4 is 0 Å². The lowest BCUT2D eigenvalue weighted by atomic mass is 9.90. The number of nitrogens with zero attached hydrogens (tertiary/aromatic N) is 1. The van der Waals surface area contributed by atoms with E-state index in [0.29, 0.717) is 0 Å². The summed E-state index contributed by atoms with van der Waals surface area (Å²) in [6.07, 6.45) is 2.08. The molecule has 0 spiro atoms. The summed E-state index contributed by atoms with van der Waals surface area (Å²) in [7, 11) is 0. The Balaban J connectivity index is 2.34. The molecule has 76 valence electrons. The van der Waals surface area contributed by atoms with Gasteiger partial charge in [0.2, 0.25) is 0 Å². The zero-order valence-electron chi connectivity index (χ0n) is 8.77. The first-order chi connectivity index (χ1) is 6.64. The maximum atomic E-state index is 10.0.